The Morgan fingerprint density at radius 3 is 2.22 bits per heavy atom. The lowest BCUT2D eigenvalue weighted by Gasteiger charge is -2.15. The first-order valence-corrected chi connectivity index (χ1v) is 14.7. The van der Waals surface area contributed by atoms with Gasteiger partial charge < -0.3 is 15.0 Å². The predicted molar refractivity (Wildman–Crippen MR) is 163 cm³/mol. The average Bonchev–Trinajstić information content (AvgIpc) is 3.75. The summed E-state index contributed by atoms with van der Waals surface area (Å²) in [6.07, 6.45) is 7.26. The second-order valence-corrected chi connectivity index (χ2v) is 11.3. The number of likely N-dealkylation sites (tertiary alicyclic amines) is 2. The zero-order valence-corrected chi connectivity index (χ0v) is 23.4. The molecule has 0 unspecified atom stereocenters. The van der Waals surface area contributed by atoms with Gasteiger partial charge in [0.1, 0.15) is 0 Å². The third kappa shape index (κ3) is 6.34. The highest BCUT2D eigenvalue weighted by Gasteiger charge is 2.21. The maximum absolute atomic E-state index is 11.6. The van der Waals surface area contributed by atoms with Crippen LogP contribution in [0.1, 0.15) is 54.4 Å². The molecule has 2 aliphatic rings. The van der Waals surface area contributed by atoms with Crippen LogP contribution in [0, 0.1) is 10.1 Å². The number of benzene rings is 3. The molecule has 3 heterocycles. The van der Waals surface area contributed by atoms with Gasteiger partial charge in [-0.05, 0) is 101 Å². The van der Waals surface area contributed by atoms with E-state index in [9.17, 15) is 15.2 Å². The van der Waals surface area contributed by atoms with Crippen LogP contribution in [-0.4, -0.2) is 63.2 Å². The van der Waals surface area contributed by atoms with Crippen LogP contribution in [0.25, 0.3) is 10.9 Å². The number of nitro groups is 1. The molecular weight excluding hydrogens is 514 g/mol. The van der Waals surface area contributed by atoms with Crippen molar-refractivity contribution in [2.45, 2.75) is 45.1 Å². The van der Waals surface area contributed by atoms with Crippen molar-refractivity contribution >= 4 is 28.0 Å². The molecule has 2 saturated heterocycles. The number of nitrogens with zero attached hydrogens (tertiary/aromatic N) is 4. The van der Waals surface area contributed by atoms with Gasteiger partial charge in [0.15, 0.2) is 5.88 Å². The van der Waals surface area contributed by atoms with E-state index < -0.39 is 4.92 Å². The van der Waals surface area contributed by atoms with Gasteiger partial charge in [-0.3, -0.25) is 15.0 Å². The molecule has 0 atom stereocenters. The van der Waals surface area contributed by atoms with E-state index in [1.165, 1.54) is 62.0 Å². The lowest BCUT2D eigenvalue weighted by atomic mass is 9.98. The highest BCUT2D eigenvalue weighted by molar-refractivity contribution is 6.22. The molecule has 2 fully saturated rings. The molecule has 0 amide bonds. The van der Waals surface area contributed by atoms with Crippen LogP contribution in [0.5, 0.6) is 5.88 Å². The molecule has 4 aromatic rings. The quantitative estimate of drug-likeness (QED) is 0.132. The Morgan fingerprint density at radius 1 is 0.878 bits per heavy atom. The van der Waals surface area contributed by atoms with E-state index in [0.29, 0.717) is 22.2 Å². The Kier molecular flexibility index (Phi) is 8.11. The predicted octanol–water partition coefficient (Wildman–Crippen LogP) is 6.58. The molecule has 2 aliphatic heterocycles. The zero-order chi connectivity index (χ0) is 28.2. The van der Waals surface area contributed by atoms with Crippen LogP contribution >= 0.6 is 0 Å². The normalized spacial score (nSPS) is 16.6. The summed E-state index contributed by atoms with van der Waals surface area (Å²) in [5.41, 5.74) is 5.74. The highest BCUT2D eigenvalue weighted by atomic mass is 16.6. The minimum absolute atomic E-state index is 0.0308. The van der Waals surface area contributed by atoms with Gasteiger partial charge >= 0.3 is 0 Å². The van der Waals surface area contributed by atoms with Crippen molar-refractivity contribution in [1.29, 1.82) is 0 Å². The first kappa shape index (κ1) is 27.2. The Bertz CT molecular complexity index is 1530. The molecule has 0 spiro atoms. The summed E-state index contributed by atoms with van der Waals surface area (Å²) >= 11 is 0. The van der Waals surface area contributed by atoms with Gasteiger partial charge in [0.05, 0.1) is 21.9 Å². The molecule has 0 radical (unpaired) electrons. The van der Waals surface area contributed by atoms with E-state index in [1.807, 2.05) is 24.3 Å². The summed E-state index contributed by atoms with van der Waals surface area (Å²) in [6, 6.07) is 21.1. The Morgan fingerprint density at radius 2 is 1.54 bits per heavy atom. The smallest absolute Gasteiger partial charge is 0.270 e. The zero-order valence-electron chi connectivity index (χ0n) is 23.4. The molecule has 3 aromatic carbocycles. The van der Waals surface area contributed by atoms with E-state index in [-0.39, 0.29) is 11.6 Å². The number of hydrogen-bond donors (Lipinski definition) is 2. The standard InChI is InChI=1S/C33H37N5O3/c39-33-31(29-22-28(38(40)41)15-16-30(29)35-33)32(34-27-13-9-25(10-14-27)23-37-19-3-4-20-37)26-11-7-24(8-12-26)6-5-21-36-17-1-2-18-36/h7-16,22,35,39H,1-6,17-21,23H2. The summed E-state index contributed by atoms with van der Waals surface area (Å²) in [5, 5.41) is 23.2. The summed E-state index contributed by atoms with van der Waals surface area (Å²) in [6.45, 7) is 6.77. The molecular formula is C33H37N5O3. The maximum Gasteiger partial charge on any atom is 0.270 e. The first-order valence-electron chi connectivity index (χ1n) is 14.7. The molecule has 0 saturated carbocycles. The molecule has 0 bridgehead atoms. The number of aromatic hydroxyl groups is 1. The lowest BCUT2D eigenvalue weighted by molar-refractivity contribution is -0.384. The van der Waals surface area contributed by atoms with Crippen LogP contribution in [0.3, 0.4) is 0 Å². The number of fused-ring (bicyclic) bond motifs is 1. The van der Waals surface area contributed by atoms with Crippen LogP contribution in [0.2, 0.25) is 0 Å². The van der Waals surface area contributed by atoms with Crippen molar-refractivity contribution in [2.75, 3.05) is 32.7 Å². The second-order valence-electron chi connectivity index (χ2n) is 11.3. The van der Waals surface area contributed by atoms with E-state index in [0.717, 1.165) is 50.3 Å². The second kappa shape index (κ2) is 12.2. The third-order valence-corrected chi connectivity index (χ3v) is 8.36. The van der Waals surface area contributed by atoms with Crippen molar-refractivity contribution in [2.24, 2.45) is 4.99 Å². The number of nitro benzene ring substituents is 1. The fraction of sp³-hybridized carbons (Fsp3) is 0.364. The number of H-pyrrole nitrogens is 1. The number of aliphatic imine (C=N–C) groups is 1. The fourth-order valence-electron chi connectivity index (χ4n) is 6.13. The van der Waals surface area contributed by atoms with Gasteiger partial charge in [0.2, 0.25) is 0 Å². The molecule has 212 valence electrons. The Labute approximate surface area is 240 Å². The summed E-state index contributed by atoms with van der Waals surface area (Å²) < 4.78 is 0. The molecule has 8 heteroatoms. The monoisotopic (exact) mass is 551 g/mol. The summed E-state index contributed by atoms with van der Waals surface area (Å²) in [4.78, 5) is 24.1. The number of non-ortho nitro benzene ring substituents is 1. The number of hydrogen-bond acceptors (Lipinski definition) is 6. The molecule has 0 aliphatic carbocycles. The number of rotatable bonds is 10. The minimum Gasteiger partial charge on any atom is -0.494 e. The van der Waals surface area contributed by atoms with E-state index in [1.54, 1.807) is 6.07 Å². The lowest BCUT2D eigenvalue weighted by Crippen LogP contribution is -2.20. The van der Waals surface area contributed by atoms with Crippen LogP contribution in [0.4, 0.5) is 11.4 Å². The number of nitrogens with one attached hydrogen (secondary N) is 1. The maximum atomic E-state index is 11.6. The Balaban J connectivity index is 1.32. The first-order chi connectivity index (χ1) is 20.0. The van der Waals surface area contributed by atoms with Crippen LogP contribution < -0.4 is 0 Å². The van der Waals surface area contributed by atoms with Crippen molar-refractivity contribution < 1.29 is 10.0 Å². The van der Waals surface area contributed by atoms with Crippen LogP contribution in [-0.2, 0) is 13.0 Å². The highest BCUT2D eigenvalue weighted by Crippen LogP contribution is 2.34. The van der Waals surface area contributed by atoms with Gasteiger partial charge in [-0.2, -0.15) is 0 Å². The van der Waals surface area contributed by atoms with E-state index in [2.05, 4.69) is 39.0 Å². The topological polar surface area (TPSA) is 98.0 Å². The molecule has 2 N–H and O–H groups in total. The molecule has 1 aromatic heterocycles. The van der Waals surface area contributed by atoms with E-state index >= 15 is 0 Å². The van der Waals surface area contributed by atoms with Crippen molar-refractivity contribution in [3.8, 4) is 5.88 Å². The SMILES string of the molecule is O=[N+]([O-])c1ccc2[nH]c(O)c(C(=Nc3ccc(CN4CCCC4)cc3)c3ccc(CCCN4CCCC4)cc3)c2c1. The summed E-state index contributed by atoms with van der Waals surface area (Å²) in [5.74, 6) is -0.0559. The van der Waals surface area contributed by atoms with E-state index in [4.69, 9.17) is 4.99 Å². The van der Waals surface area contributed by atoms with Gasteiger partial charge in [-0.25, -0.2) is 4.99 Å². The van der Waals surface area contributed by atoms with Crippen molar-refractivity contribution in [3.05, 3.63) is 99.1 Å². The van der Waals surface area contributed by atoms with Crippen molar-refractivity contribution in [3.63, 3.8) is 0 Å². The van der Waals surface area contributed by atoms with Crippen LogP contribution in [0.15, 0.2) is 71.7 Å². The number of aryl methyl sites for hydroxylation is 1. The van der Waals surface area contributed by atoms with Gasteiger partial charge in [-0.1, -0.05) is 36.4 Å². The number of aromatic amines is 1. The van der Waals surface area contributed by atoms with Crippen molar-refractivity contribution in [1.82, 2.24) is 14.8 Å². The third-order valence-electron chi connectivity index (χ3n) is 8.36. The summed E-state index contributed by atoms with van der Waals surface area (Å²) in [7, 11) is 0. The van der Waals surface area contributed by atoms with Gasteiger partial charge in [0.25, 0.3) is 5.69 Å². The number of aromatic nitrogens is 1. The molecule has 41 heavy (non-hydrogen) atoms. The minimum atomic E-state index is -0.417. The van der Waals surface area contributed by atoms with Gasteiger partial charge in [0, 0.05) is 35.1 Å². The van der Waals surface area contributed by atoms with Gasteiger partial charge in [-0.15, -0.1) is 0 Å². The molecule has 6 rings (SSSR count). The molecule has 8 nitrogen and oxygen atoms in total. The fourth-order valence-corrected chi connectivity index (χ4v) is 6.13. The average molecular weight is 552 g/mol. The largest absolute Gasteiger partial charge is 0.494 e. The Hall–Kier alpha value is -4.01.